The maximum Gasteiger partial charge on any atom is 0.286 e. The van der Waals surface area contributed by atoms with E-state index in [1.807, 2.05) is 0 Å². The van der Waals surface area contributed by atoms with Crippen molar-refractivity contribution in [3.63, 3.8) is 0 Å². The van der Waals surface area contributed by atoms with Gasteiger partial charge in [-0.25, -0.2) is 0 Å². The lowest BCUT2D eigenvalue weighted by molar-refractivity contribution is -0.130. The highest BCUT2D eigenvalue weighted by Crippen LogP contribution is 2.37. The smallest absolute Gasteiger partial charge is 0.286 e. The van der Waals surface area contributed by atoms with Crippen LogP contribution in [-0.2, 0) is 14.3 Å². The Labute approximate surface area is 195 Å². The van der Waals surface area contributed by atoms with Crippen molar-refractivity contribution in [1.82, 2.24) is 5.32 Å². The molecule has 1 aromatic rings. The van der Waals surface area contributed by atoms with E-state index in [0.717, 1.165) is 0 Å². The number of hydrogen-bond acceptors (Lipinski definition) is 5. The predicted octanol–water partition coefficient (Wildman–Crippen LogP) is 5.23. The van der Waals surface area contributed by atoms with E-state index >= 15 is 0 Å². The van der Waals surface area contributed by atoms with Gasteiger partial charge in [-0.15, -0.1) is 0 Å². The van der Waals surface area contributed by atoms with Crippen molar-refractivity contribution >= 4 is 58.1 Å². The number of carbonyl (C=O) groups is 2. The monoisotopic (exact) mass is 495 g/mol. The summed E-state index contributed by atoms with van der Waals surface area (Å²) in [4.78, 5) is 23.9. The molecule has 1 aliphatic heterocycles. The van der Waals surface area contributed by atoms with Crippen LogP contribution in [0.5, 0.6) is 11.5 Å². The zero-order valence-corrected chi connectivity index (χ0v) is 19.4. The molecule has 1 amide bonds. The third-order valence-corrected chi connectivity index (χ3v) is 4.68. The van der Waals surface area contributed by atoms with Gasteiger partial charge >= 0.3 is 0 Å². The molecule has 1 N–H and O–H groups in total. The number of rotatable bonds is 9. The van der Waals surface area contributed by atoms with E-state index in [2.05, 4.69) is 5.32 Å². The van der Waals surface area contributed by atoms with E-state index in [1.165, 1.54) is 12.2 Å². The molecule has 0 unspecified atom stereocenters. The molecular weight excluding hydrogens is 476 g/mol. The van der Waals surface area contributed by atoms with Gasteiger partial charge < -0.3 is 19.5 Å². The van der Waals surface area contributed by atoms with Crippen LogP contribution in [0, 0.1) is 0 Å². The zero-order valence-electron chi connectivity index (χ0n) is 16.4. The molecular formula is C20H21Cl4NO5. The molecule has 1 aromatic carbocycles. The number of halogens is 4. The normalized spacial score (nSPS) is 15.0. The van der Waals surface area contributed by atoms with E-state index in [9.17, 15) is 9.59 Å². The molecule has 0 saturated heterocycles. The van der Waals surface area contributed by atoms with E-state index < -0.39 is 11.5 Å². The minimum Gasteiger partial charge on any atom is -0.490 e. The maximum atomic E-state index is 12.2. The Morgan fingerprint density at radius 2 is 1.90 bits per heavy atom. The number of allylic oxidation sites excluding steroid dienone is 1. The Bertz CT molecular complexity index is 840. The number of nitrogens with one attached hydrogen (secondary N) is 1. The van der Waals surface area contributed by atoms with Crippen LogP contribution in [0.4, 0.5) is 0 Å². The van der Waals surface area contributed by atoms with Crippen LogP contribution in [0.3, 0.4) is 0 Å². The lowest BCUT2D eigenvalue weighted by atomic mass is 9.98. The molecule has 0 fully saturated rings. The lowest BCUT2D eigenvalue weighted by Crippen LogP contribution is -2.37. The fraction of sp³-hybridized carbons (Fsp3) is 0.400. The summed E-state index contributed by atoms with van der Waals surface area (Å²) in [6.45, 7) is 4.25. The number of amides is 1. The average Bonchev–Trinajstić information content (AvgIpc) is 2.61. The molecule has 164 valence electrons. The van der Waals surface area contributed by atoms with Crippen molar-refractivity contribution in [2.45, 2.75) is 32.3 Å². The van der Waals surface area contributed by atoms with Crippen LogP contribution in [0.2, 0.25) is 10.0 Å². The van der Waals surface area contributed by atoms with Crippen molar-refractivity contribution < 1.29 is 23.8 Å². The number of hydrogen-bond donors (Lipinski definition) is 1. The van der Waals surface area contributed by atoms with Gasteiger partial charge in [0, 0.05) is 31.2 Å². The highest BCUT2D eigenvalue weighted by molar-refractivity contribution is 6.55. The molecule has 0 atom stereocenters. The van der Waals surface area contributed by atoms with E-state index in [4.69, 9.17) is 60.6 Å². The van der Waals surface area contributed by atoms with Gasteiger partial charge in [-0.3, -0.25) is 9.59 Å². The Balaban J connectivity index is 1.79. The van der Waals surface area contributed by atoms with Crippen LogP contribution in [0.25, 0.3) is 0 Å². The highest BCUT2D eigenvalue weighted by atomic mass is 35.5. The Kier molecular flexibility index (Phi) is 9.16. The molecule has 1 aliphatic rings. The van der Waals surface area contributed by atoms with Gasteiger partial charge in [-0.05, 0) is 26.3 Å². The first kappa shape index (κ1) is 24.7. The van der Waals surface area contributed by atoms with Gasteiger partial charge in [0.2, 0.25) is 0 Å². The molecule has 1 heterocycles. The molecule has 6 nitrogen and oxygen atoms in total. The van der Waals surface area contributed by atoms with Crippen molar-refractivity contribution in [2.75, 3.05) is 19.8 Å². The second kappa shape index (κ2) is 11.1. The van der Waals surface area contributed by atoms with E-state index in [0.29, 0.717) is 24.5 Å². The zero-order chi connectivity index (χ0) is 22.3. The first-order chi connectivity index (χ1) is 14.1. The summed E-state index contributed by atoms with van der Waals surface area (Å²) in [5.41, 5.74) is -0.697. The third-order valence-electron chi connectivity index (χ3n) is 3.81. The van der Waals surface area contributed by atoms with Crippen molar-refractivity contribution in [3.05, 3.63) is 44.6 Å². The summed E-state index contributed by atoms with van der Waals surface area (Å²) < 4.78 is 16.7. The van der Waals surface area contributed by atoms with Crippen molar-refractivity contribution in [1.29, 1.82) is 0 Å². The van der Waals surface area contributed by atoms with Crippen LogP contribution in [0.1, 0.15) is 26.7 Å². The summed E-state index contributed by atoms with van der Waals surface area (Å²) in [6, 6.07) is 3.12. The van der Waals surface area contributed by atoms with E-state index in [1.54, 1.807) is 26.0 Å². The molecule has 2 rings (SSSR count). The quantitative estimate of drug-likeness (QED) is 0.474. The predicted molar refractivity (Wildman–Crippen MR) is 118 cm³/mol. The number of ether oxygens (including phenoxy) is 3. The average molecular weight is 497 g/mol. The molecule has 30 heavy (non-hydrogen) atoms. The van der Waals surface area contributed by atoms with Gasteiger partial charge in [0.05, 0.1) is 16.7 Å². The van der Waals surface area contributed by atoms with Crippen molar-refractivity contribution in [2.24, 2.45) is 0 Å². The van der Waals surface area contributed by atoms with Crippen LogP contribution >= 0.6 is 46.4 Å². The maximum absolute atomic E-state index is 12.2. The molecule has 0 spiro atoms. The van der Waals surface area contributed by atoms with E-state index in [-0.39, 0.29) is 45.7 Å². The van der Waals surface area contributed by atoms with Gasteiger partial charge in [0.25, 0.3) is 5.91 Å². The third kappa shape index (κ3) is 7.91. The highest BCUT2D eigenvalue weighted by Gasteiger charge is 2.31. The molecule has 0 radical (unpaired) electrons. The van der Waals surface area contributed by atoms with Gasteiger partial charge in [0.15, 0.2) is 17.3 Å². The summed E-state index contributed by atoms with van der Waals surface area (Å²) >= 11 is 23.4. The topological polar surface area (TPSA) is 73.9 Å². The minimum atomic E-state index is -0.697. The molecule has 10 heteroatoms. The fourth-order valence-corrected chi connectivity index (χ4v) is 3.29. The fourth-order valence-electron chi connectivity index (χ4n) is 2.59. The van der Waals surface area contributed by atoms with Gasteiger partial charge in [0.1, 0.15) is 22.4 Å². The number of carbonyl (C=O) groups excluding carboxylic acids is 2. The first-order valence-corrected chi connectivity index (χ1v) is 10.6. The largest absolute Gasteiger partial charge is 0.490 e. The van der Waals surface area contributed by atoms with Crippen LogP contribution < -0.4 is 14.8 Å². The molecule has 0 aliphatic carbocycles. The van der Waals surface area contributed by atoms with Crippen LogP contribution in [-0.4, -0.2) is 37.0 Å². The second-order valence-corrected chi connectivity index (χ2v) is 8.81. The Morgan fingerprint density at radius 1 is 1.23 bits per heavy atom. The summed E-state index contributed by atoms with van der Waals surface area (Å²) in [5, 5.41) is 3.25. The Hall–Kier alpha value is -1.60. The lowest BCUT2D eigenvalue weighted by Gasteiger charge is -2.29. The minimum absolute atomic E-state index is 0.0177. The Morgan fingerprint density at radius 3 is 2.50 bits per heavy atom. The molecule has 0 saturated carbocycles. The second-order valence-electron chi connectivity index (χ2n) is 6.99. The molecule has 0 bridgehead atoms. The van der Waals surface area contributed by atoms with Gasteiger partial charge in [-0.1, -0.05) is 46.4 Å². The standard InChI is InChI=1S/C20H21Cl4NO5/c1-20(2)11-12(26)8-16(30-20)19(27)25-5-3-6-29-18-14(21)9-13(10-15(18)22)28-7-4-17(23)24/h4,8-10H,3,5-7,11H2,1-2H3,(H,25,27). The van der Waals surface area contributed by atoms with Gasteiger partial charge in [-0.2, -0.15) is 0 Å². The SMILES string of the molecule is CC1(C)CC(=O)C=C(C(=O)NCCCOc2c(Cl)cc(OCC=C(Cl)Cl)cc2Cl)O1. The first-order valence-electron chi connectivity index (χ1n) is 9.05. The van der Waals surface area contributed by atoms with Crippen LogP contribution in [0.15, 0.2) is 34.5 Å². The summed E-state index contributed by atoms with van der Waals surface area (Å²) in [5.74, 6) is 0.185. The molecule has 0 aromatic heterocycles. The number of ketones is 1. The number of benzene rings is 1. The summed E-state index contributed by atoms with van der Waals surface area (Å²) in [6.07, 6.45) is 3.42. The van der Waals surface area contributed by atoms with Crippen molar-refractivity contribution in [3.8, 4) is 11.5 Å². The summed E-state index contributed by atoms with van der Waals surface area (Å²) in [7, 11) is 0.